The Bertz CT molecular complexity index is 317. The molecule has 102 valence electrons. The van der Waals surface area contributed by atoms with Crippen LogP contribution in [0.15, 0.2) is 4.99 Å². The predicted octanol–water partition coefficient (Wildman–Crippen LogP) is 1.65. The Kier molecular flexibility index (Phi) is 3.46. The van der Waals surface area contributed by atoms with Crippen LogP contribution in [0.5, 0.6) is 0 Å². The van der Waals surface area contributed by atoms with Crippen molar-refractivity contribution < 1.29 is 4.74 Å². The Morgan fingerprint density at radius 3 is 2.72 bits per heavy atom. The van der Waals surface area contributed by atoms with Crippen molar-refractivity contribution >= 4 is 5.96 Å². The van der Waals surface area contributed by atoms with Crippen molar-refractivity contribution in [2.24, 2.45) is 22.1 Å². The molecule has 3 N–H and O–H groups in total. The maximum Gasteiger partial charge on any atom is 0.188 e. The summed E-state index contributed by atoms with van der Waals surface area (Å²) >= 11 is 0. The molecule has 2 saturated carbocycles. The van der Waals surface area contributed by atoms with Crippen molar-refractivity contribution in [3.05, 3.63) is 0 Å². The standard InChI is InChI=1S/C14H25N3O/c15-13(17-12-3-1-2-4-12)16-10-11-9-14(11)5-7-18-8-6-14/h11-12H,1-10H2,(H3,15,16,17). The number of ether oxygens (including phenoxy) is 1. The summed E-state index contributed by atoms with van der Waals surface area (Å²) in [6, 6.07) is 0.574. The average molecular weight is 251 g/mol. The largest absolute Gasteiger partial charge is 0.381 e. The van der Waals surface area contributed by atoms with Crippen LogP contribution in [0.2, 0.25) is 0 Å². The van der Waals surface area contributed by atoms with E-state index in [0.717, 1.165) is 25.7 Å². The van der Waals surface area contributed by atoms with Crippen LogP contribution >= 0.6 is 0 Å². The zero-order valence-corrected chi connectivity index (χ0v) is 11.2. The van der Waals surface area contributed by atoms with Gasteiger partial charge in [-0.2, -0.15) is 0 Å². The third-order valence-electron chi connectivity index (χ3n) is 5.04. The summed E-state index contributed by atoms with van der Waals surface area (Å²) in [5, 5.41) is 3.36. The summed E-state index contributed by atoms with van der Waals surface area (Å²) < 4.78 is 5.43. The summed E-state index contributed by atoms with van der Waals surface area (Å²) in [4.78, 5) is 4.54. The molecular weight excluding hydrogens is 226 g/mol. The molecule has 1 aliphatic heterocycles. The summed E-state index contributed by atoms with van der Waals surface area (Å²) in [5.74, 6) is 1.42. The summed E-state index contributed by atoms with van der Waals surface area (Å²) in [7, 11) is 0. The SMILES string of the molecule is NC(=NCC1CC12CCOCC2)NC1CCCC1. The van der Waals surface area contributed by atoms with Gasteiger partial charge in [-0.3, -0.25) is 4.99 Å². The minimum absolute atomic E-state index is 0.565. The van der Waals surface area contributed by atoms with E-state index in [-0.39, 0.29) is 0 Å². The molecule has 2 aliphatic carbocycles. The number of nitrogens with one attached hydrogen (secondary N) is 1. The second-order valence-corrected chi connectivity index (χ2v) is 6.23. The highest BCUT2D eigenvalue weighted by molar-refractivity contribution is 5.78. The minimum atomic E-state index is 0.565. The second-order valence-electron chi connectivity index (χ2n) is 6.23. The van der Waals surface area contributed by atoms with Crippen molar-refractivity contribution in [1.82, 2.24) is 5.32 Å². The Morgan fingerprint density at radius 1 is 1.28 bits per heavy atom. The van der Waals surface area contributed by atoms with E-state index in [2.05, 4.69) is 10.3 Å². The number of rotatable bonds is 3. The fourth-order valence-corrected chi connectivity index (χ4v) is 3.61. The van der Waals surface area contributed by atoms with E-state index in [1.54, 1.807) is 0 Å². The first kappa shape index (κ1) is 12.3. The molecule has 1 unspecified atom stereocenters. The van der Waals surface area contributed by atoms with Crippen molar-refractivity contribution in [2.75, 3.05) is 19.8 Å². The molecule has 1 atom stereocenters. The molecule has 4 heteroatoms. The van der Waals surface area contributed by atoms with Gasteiger partial charge in [-0.1, -0.05) is 12.8 Å². The Hall–Kier alpha value is -0.770. The van der Waals surface area contributed by atoms with Crippen molar-refractivity contribution in [3.63, 3.8) is 0 Å². The van der Waals surface area contributed by atoms with E-state index in [1.807, 2.05) is 0 Å². The van der Waals surface area contributed by atoms with Crippen LogP contribution in [0.4, 0.5) is 0 Å². The molecule has 0 aromatic carbocycles. The van der Waals surface area contributed by atoms with E-state index in [4.69, 9.17) is 10.5 Å². The van der Waals surface area contributed by atoms with Gasteiger partial charge in [-0.25, -0.2) is 0 Å². The van der Waals surface area contributed by atoms with E-state index >= 15 is 0 Å². The first-order chi connectivity index (χ1) is 8.78. The number of nitrogens with zero attached hydrogens (tertiary/aromatic N) is 1. The van der Waals surface area contributed by atoms with Gasteiger partial charge in [-0.05, 0) is 43.4 Å². The van der Waals surface area contributed by atoms with Crippen molar-refractivity contribution in [2.45, 2.75) is 51.0 Å². The van der Waals surface area contributed by atoms with Gasteiger partial charge in [0.25, 0.3) is 0 Å². The minimum Gasteiger partial charge on any atom is -0.381 e. The zero-order chi connectivity index (χ0) is 12.4. The maximum atomic E-state index is 5.96. The molecule has 0 radical (unpaired) electrons. The Labute approximate surface area is 109 Å². The van der Waals surface area contributed by atoms with Crippen LogP contribution in [0.25, 0.3) is 0 Å². The molecule has 0 bridgehead atoms. The van der Waals surface area contributed by atoms with Gasteiger partial charge in [0.1, 0.15) is 0 Å². The lowest BCUT2D eigenvalue weighted by atomic mass is 9.94. The first-order valence-corrected chi connectivity index (χ1v) is 7.43. The number of aliphatic imine (C=N–C) groups is 1. The molecule has 18 heavy (non-hydrogen) atoms. The molecule has 1 spiro atoms. The van der Waals surface area contributed by atoms with E-state index < -0.39 is 0 Å². The van der Waals surface area contributed by atoms with Gasteiger partial charge in [0, 0.05) is 25.8 Å². The third-order valence-corrected chi connectivity index (χ3v) is 5.04. The highest BCUT2D eigenvalue weighted by Gasteiger charge is 2.53. The summed E-state index contributed by atoms with van der Waals surface area (Å²) in [6.45, 7) is 2.79. The predicted molar refractivity (Wildman–Crippen MR) is 72.5 cm³/mol. The zero-order valence-electron chi connectivity index (χ0n) is 11.2. The molecule has 3 fully saturated rings. The quantitative estimate of drug-likeness (QED) is 0.592. The lowest BCUT2D eigenvalue weighted by molar-refractivity contribution is 0.0525. The Morgan fingerprint density at radius 2 is 2.00 bits per heavy atom. The van der Waals surface area contributed by atoms with Crippen LogP contribution in [0.3, 0.4) is 0 Å². The molecule has 1 heterocycles. The maximum absolute atomic E-state index is 5.96. The molecule has 3 rings (SSSR count). The van der Waals surface area contributed by atoms with Gasteiger partial charge >= 0.3 is 0 Å². The fourth-order valence-electron chi connectivity index (χ4n) is 3.61. The molecule has 0 aromatic rings. The van der Waals surface area contributed by atoms with Gasteiger partial charge in [0.2, 0.25) is 0 Å². The summed E-state index contributed by atoms with van der Waals surface area (Å²) in [6.07, 6.45) is 8.94. The molecule has 0 aromatic heterocycles. The van der Waals surface area contributed by atoms with Crippen molar-refractivity contribution in [1.29, 1.82) is 0 Å². The second kappa shape index (κ2) is 5.08. The highest BCUT2D eigenvalue weighted by atomic mass is 16.5. The molecular formula is C14H25N3O. The summed E-state index contributed by atoms with van der Waals surface area (Å²) in [5.41, 5.74) is 6.53. The molecule has 1 saturated heterocycles. The van der Waals surface area contributed by atoms with Crippen LogP contribution < -0.4 is 11.1 Å². The lowest BCUT2D eigenvalue weighted by Gasteiger charge is -2.22. The lowest BCUT2D eigenvalue weighted by Crippen LogP contribution is -2.38. The fraction of sp³-hybridized carbons (Fsp3) is 0.929. The van der Waals surface area contributed by atoms with Crippen LogP contribution in [0, 0.1) is 11.3 Å². The van der Waals surface area contributed by atoms with Gasteiger partial charge in [-0.15, -0.1) is 0 Å². The van der Waals surface area contributed by atoms with Crippen LogP contribution in [-0.4, -0.2) is 31.8 Å². The molecule has 4 nitrogen and oxygen atoms in total. The Balaban J connectivity index is 1.43. The number of guanidine groups is 1. The van der Waals surface area contributed by atoms with E-state index in [1.165, 1.54) is 44.9 Å². The van der Waals surface area contributed by atoms with Crippen LogP contribution in [-0.2, 0) is 4.74 Å². The number of hydrogen-bond acceptors (Lipinski definition) is 2. The van der Waals surface area contributed by atoms with Gasteiger partial charge in [0.05, 0.1) is 0 Å². The van der Waals surface area contributed by atoms with E-state index in [0.29, 0.717) is 17.4 Å². The normalized spacial score (nSPS) is 31.8. The number of hydrogen-bond donors (Lipinski definition) is 2. The molecule has 0 amide bonds. The van der Waals surface area contributed by atoms with Gasteiger partial charge in [0.15, 0.2) is 5.96 Å². The van der Waals surface area contributed by atoms with Gasteiger partial charge < -0.3 is 15.8 Å². The van der Waals surface area contributed by atoms with Crippen molar-refractivity contribution in [3.8, 4) is 0 Å². The van der Waals surface area contributed by atoms with Crippen LogP contribution in [0.1, 0.15) is 44.9 Å². The third kappa shape index (κ3) is 2.63. The first-order valence-electron chi connectivity index (χ1n) is 7.43. The van der Waals surface area contributed by atoms with E-state index in [9.17, 15) is 0 Å². The number of nitrogens with two attached hydrogens (primary N) is 1. The smallest absolute Gasteiger partial charge is 0.188 e. The highest BCUT2D eigenvalue weighted by Crippen LogP contribution is 2.59. The molecule has 3 aliphatic rings. The average Bonchev–Trinajstić information content (AvgIpc) is 2.80. The monoisotopic (exact) mass is 251 g/mol. The topological polar surface area (TPSA) is 59.6 Å².